The number of nitrogens with two attached hydrogens (primary N) is 1. The molecule has 1 aliphatic heterocycles. The van der Waals surface area contributed by atoms with Crippen LogP contribution < -0.4 is 11.3 Å². The average Bonchev–Trinajstić information content (AvgIpc) is 2.88. The van der Waals surface area contributed by atoms with Gasteiger partial charge in [-0.15, -0.1) is 0 Å². The molecule has 9 heteroatoms. The van der Waals surface area contributed by atoms with Crippen LogP contribution in [0.15, 0.2) is 11.0 Å². The third-order valence-electron chi connectivity index (χ3n) is 2.92. The minimum atomic E-state index is -0.930. The maximum atomic E-state index is 13.3. The fourth-order valence-corrected chi connectivity index (χ4v) is 2.20. The summed E-state index contributed by atoms with van der Waals surface area (Å²) in [5, 5.41) is 0. The molecular weight excluding hydrogens is 289 g/mol. The number of aromatic nitrogens is 2. The van der Waals surface area contributed by atoms with Crippen molar-refractivity contribution in [1.82, 2.24) is 9.55 Å². The fraction of sp³-hybridized carbons (Fsp3) is 0.545. The van der Waals surface area contributed by atoms with Gasteiger partial charge in [0, 0.05) is 0 Å². The second-order valence-corrected chi connectivity index (χ2v) is 4.71. The lowest BCUT2D eigenvalue weighted by molar-refractivity contribution is -0.146. The van der Waals surface area contributed by atoms with Crippen LogP contribution in [0.1, 0.15) is 19.1 Å². The van der Waals surface area contributed by atoms with Crippen molar-refractivity contribution in [3.8, 4) is 0 Å². The second kappa shape index (κ2) is 6.25. The SMILES string of the molecule is NCC(=O)OCC1CCC(n2cc(F)c(=O)[nH]c2=S)O1. The summed E-state index contributed by atoms with van der Waals surface area (Å²) in [7, 11) is 0. The highest BCUT2D eigenvalue weighted by Crippen LogP contribution is 2.28. The van der Waals surface area contributed by atoms with Gasteiger partial charge in [-0.25, -0.2) is 0 Å². The molecule has 0 radical (unpaired) electrons. The molecule has 2 atom stereocenters. The standard InChI is InChI=1S/C11H14FN3O4S/c12-7-4-15(11(20)14-10(7)17)8-2-1-6(19-8)5-18-9(16)3-13/h4,6,8H,1-3,5,13H2,(H,14,17,20). The molecule has 2 heterocycles. The number of carbonyl (C=O) groups is 1. The number of carbonyl (C=O) groups excluding carboxylic acids is 1. The number of halogens is 1. The van der Waals surface area contributed by atoms with Gasteiger partial charge in [0.25, 0.3) is 5.56 Å². The quantitative estimate of drug-likeness (QED) is 0.610. The smallest absolute Gasteiger partial charge is 0.319 e. The van der Waals surface area contributed by atoms with E-state index in [9.17, 15) is 14.0 Å². The fourth-order valence-electron chi connectivity index (χ4n) is 1.93. The number of rotatable bonds is 4. The summed E-state index contributed by atoms with van der Waals surface area (Å²) in [5.74, 6) is -1.44. The van der Waals surface area contributed by atoms with E-state index < -0.39 is 23.6 Å². The zero-order valence-electron chi connectivity index (χ0n) is 10.5. The number of esters is 1. The first kappa shape index (κ1) is 14.8. The van der Waals surface area contributed by atoms with Crippen LogP contribution in [0, 0.1) is 10.6 Å². The molecule has 7 nitrogen and oxygen atoms in total. The lowest BCUT2D eigenvalue weighted by Crippen LogP contribution is -2.24. The van der Waals surface area contributed by atoms with Crippen molar-refractivity contribution < 1.29 is 18.7 Å². The van der Waals surface area contributed by atoms with Crippen LogP contribution in [0.5, 0.6) is 0 Å². The first-order valence-corrected chi connectivity index (χ1v) is 6.44. The molecule has 1 saturated heterocycles. The summed E-state index contributed by atoms with van der Waals surface area (Å²) < 4.78 is 25.2. The third-order valence-corrected chi connectivity index (χ3v) is 3.23. The van der Waals surface area contributed by atoms with E-state index in [1.807, 2.05) is 0 Å². The lowest BCUT2D eigenvalue weighted by atomic mass is 10.2. The molecule has 2 rings (SSSR count). The van der Waals surface area contributed by atoms with Gasteiger partial charge in [0.15, 0.2) is 4.77 Å². The summed E-state index contributed by atoms with van der Waals surface area (Å²) in [5.41, 5.74) is 4.25. The summed E-state index contributed by atoms with van der Waals surface area (Å²) in [6.07, 6.45) is 1.43. The van der Waals surface area contributed by atoms with Crippen molar-refractivity contribution in [3.63, 3.8) is 0 Å². The van der Waals surface area contributed by atoms with Gasteiger partial charge in [0.1, 0.15) is 12.8 Å². The van der Waals surface area contributed by atoms with Gasteiger partial charge < -0.3 is 15.2 Å². The van der Waals surface area contributed by atoms with E-state index in [1.54, 1.807) is 0 Å². The van der Waals surface area contributed by atoms with E-state index in [0.717, 1.165) is 6.20 Å². The van der Waals surface area contributed by atoms with Crippen LogP contribution in [0.2, 0.25) is 0 Å². The zero-order valence-corrected chi connectivity index (χ0v) is 11.3. The second-order valence-electron chi connectivity index (χ2n) is 4.32. The lowest BCUT2D eigenvalue weighted by Gasteiger charge is -2.16. The molecule has 110 valence electrons. The minimum Gasteiger partial charge on any atom is -0.462 e. The Kier molecular flexibility index (Phi) is 4.63. The van der Waals surface area contributed by atoms with E-state index >= 15 is 0 Å². The highest BCUT2D eigenvalue weighted by atomic mass is 32.1. The van der Waals surface area contributed by atoms with Crippen molar-refractivity contribution in [2.75, 3.05) is 13.2 Å². The molecule has 0 saturated carbocycles. The molecule has 1 aliphatic rings. The average molecular weight is 303 g/mol. The number of nitrogens with one attached hydrogen (secondary N) is 1. The third kappa shape index (κ3) is 3.30. The summed E-state index contributed by atoms with van der Waals surface area (Å²) in [6.45, 7) is -0.0992. The number of hydrogen-bond donors (Lipinski definition) is 2. The van der Waals surface area contributed by atoms with Gasteiger partial charge >= 0.3 is 5.97 Å². The molecule has 1 fully saturated rings. The summed E-state index contributed by atoms with van der Waals surface area (Å²) in [6, 6.07) is 0. The van der Waals surface area contributed by atoms with Crippen LogP contribution in [-0.2, 0) is 14.3 Å². The summed E-state index contributed by atoms with van der Waals surface area (Å²) >= 11 is 4.96. The molecule has 1 aromatic rings. The van der Waals surface area contributed by atoms with Gasteiger partial charge in [-0.05, 0) is 25.1 Å². The van der Waals surface area contributed by atoms with Crippen molar-refractivity contribution in [2.24, 2.45) is 5.73 Å². The Hall–Kier alpha value is -1.58. The van der Waals surface area contributed by atoms with Crippen LogP contribution in [0.3, 0.4) is 0 Å². The van der Waals surface area contributed by atoms with E-state index in [-0.39, 0.29) is 24.0 Å². The monoisotopic (exact) mass is 303 g/mol. The molecule has 0 aromatic carbocycles. The maximum absolute atomic E-state index is 13.3. The van der Waals surface area contributed by atoms with Crippen molar-refractivity contribution in [2.45, 2.75) is 25.2 Å². The first-order chi connectivity index (χ1) is 9.51. The van der Waals surface area contributed by atoms with E-state index in [2.05, 4.69) is 4.98 Å². The largest absolute Gasteiger partial charge is 0.462 e. The van der Waals surface area contributed by atoms with Crippen LogP contribution >= 0.6 is 12.2 Å². The van der Waals surface area contributed by atoms with Crippen molar-refractivity contribution >= 4 is 18.2 Å². The van der Waals surface area contributed by atoms with E-state index in [4.69, 9.17) is 27.4 Å². The Morgan fingerprint density at radius 1 is 1.65 bits per heavy atom. The minimum absolute atomic E-state index is 0.0843. The molecule has 0 amide bonds. The van der Waals surface area contributed by atoms with Crippen LogP contribution in [0.4, 0.5) is 4.39 Å². The van der Waals surface area contributed by atoms with Gasteiger partial charge in [0.2, 0.25) is 5.82 Å². The normalized spacial score (nSPS) is 21.9. The van der Waals surface area contributed by atoms with Gasteiger partial charge in [-0.1, -0.05) is 0 Å². The Morgan fingerprint density at radius 2 is 2.40 bits per heavy atom. The Morgan fingerprint density at radius 3 is 3.10 bits per heavy atom. The van der Waals surface area contributed by atoms with Gasteiger partial charge in [-0.3, -0.25) is 19.1 Å². The highest BCUT2D eigenvalue weighted by Gasteiger charge is 2.28. The van der Waals surface area contributed by atoms with Crippen LogP contribution in [0.25, 0.3) is 0 Å². The Balaban J connectivity index is 2.03. The predicted octanol–water partition coefficient (Wildman–Crippen LogP) is 0.224. The number of ether oxygens (including phenoxy) is 2. The van der Waals surface area contributed by atoms with Crippen LogP contribution in [-0.4, -0.2) is 34.8 Å². The highest BCUT2D eigenvalue weighted by molar-refractivity contribution is 7.71. The molecule has 20 heavy (non-hydrogen) atoms. The molecule has 1 aromatic heterocycles. The number of H-pyrrole nitrogens is 1. The van der Waals surface area contributed by atoms with Crippen molar-refractivity contribution in [1.29, 1.82) is 0 Å². The van der Waals surface area contributed by atoms with E-state index in [1.165, 1.54) is 4.57 Å². The van der Waals surface area contributed by atoms with Crippen molar-refractivity contribution in [3.05, 3.63) is 27.1 Å². The molecular formula is C11H14FN3O4S. The van der Waals surface area contributed by atoms with Gasteiger partial charge in [0.05, 0.1) is 18.8 Å². The predicted molar refractivity (Wildman–Crippen MR) is 69.0 cm³/mol. The molecule has 0 bridgehead atoms. The molecule has 2 unspecified atom stereocenters. The number of aromatic amines is 1. The zero-order chi connectivity index (χ0) is 14.7. The maximum Gasteiger partial charge on any atom is 0.319 e. The Labute approximate surface area is 118 Å². The number of hydrogen-bond acceptors (Lipinski definition) is 6. The molecule has 3 N–H and O–H groups in total. The Bertz CT molecular complexity index is 614. The van der Waals surface area contributed by atoms with E-state index in [0.29, 0.717) is 12.8 Å². The first-order valence-electron chi connectivity index (χ1n) is 6.03. The van der Waals surface area contributed by atoms with Gasteiger partial charge in [-0.2, -0.15) is 4.39 Å². The topological polar surface area (TPSA) is 99.3 Å². The summed E-state index contributed by atoms with van der Waals surface area (Å²) in [4.78, 5) is 24.2. The molecule has 0 aliphatic carbocycles. The molecule has 0 spiro atoms. The number of nitrogens with zero attached hydrogens (tertiary/aromatic N) is 1.